The molecule has 0 spiro atoms. The fourth-order valence-corrected chi connectivity index (χ4v) is 2.38. The van der Waals surface area contributed by atoms with Gasteiger partial charge in [-0.15, -0.1) is 0 Å². The van der Waals surface area contributed by atoms with E-state index in [-0.39, 0.29) is 0 Å². The molecule has 0 radical (unpaired) electrons. The SMILES string of the molecule is CCC1CCC(Nc2ncc(Cl)cn2)CC1. The molecule has 0 amide bonds. The van der Waals surface area contributed by atoms with Crippen LogP contribution in [0.3, 0.4) is 0 Å². The standard InChI is InChI=1S/C12H18ClN3/c1-2-9-3-5-11(6-4-9)16-12-14-7-10(13)8-15-12/h7-9,11H,2-6H2,1H3,(H,14,15,16). The molecule has 0 aromatic carbocycles. The highest BCUT2D eigenvalue weighted by molar-refractivity contribution is 6.30. The topological polar surface area (TPSA) is 37.8 Å². The highest BCUT2D eigenvalue weighted by Crippen LogP contribution is 2.27. The van der Waals surface area contributed by atoms with Crippen LogP contribution in [0.25, 0.3) is 0 Å². The second-order valence-corrected chi connectivity index (χ2v) is 4.93. The predicted molar refractivity (Wildman–Crippen MR) is 66.7 cm³/mol. The number of hydrogen-bond acceptors (Lipinski definition) is 3. The Morgan fingerprint density at radius 2 is 1.88 bits per heavy atom. The first-order valence-corrected chi connectivity index (χ1v) is 6.39. The molecule has 16 heavy (non-hydrogen) atoms. The fraction of sp³-hybridized carbons (Fsp3) is 0.667. The molecule has 4 heteroatoms. The van der Waals surface area contributed by atoms with Gasteiger partial charge in [0, 0.05) is 6.04 Å². The lowest BCUT2D eigenvalue weighted by Crippen LogP contribution is -2.26. The minimum atomic E-state index is 0.531. The van der Waals surface area contributed by atoms with Gasteiger partial charge in [0.25, 0.3) is 0 Å². The van der Waals surface area contributed by atoms with Crippen LogP contribution >= 0.6 is 11.6 Å². The number of hydrogen-bond donors (Lipinski definition) is 1. The molecule has 88 valence electrons. The minimum absolute atomic E-state index is 0.531. The second-order valence-electron chi connectivity index (χ2n) is 4.50. The summed E-state index contributed by atoms with van der Waals surface area (Å²) < 4.78 is 0. The summed E-state index contributed by atoms with van der Waals surface area (Å²) in [6.45, 7) is 2.28. The van der Waals surface area contributed by atoms with Gasteiger partial charge in [-0.2, -0.15) is 0 Å². The van der Waals surface area contributed by atoms with Crippen molar-refractivity contribution < 1.29 is 0 Å². The van der Waals surface area contributed by atoms with Crippen LogP contribution in [0.4, 0.5) is 5.95 Å². The molecular formula is C12H18ClN3. The van der Waals surface area contributed by atoms with Gasteiger partial charge in [-0.1, -0.05) is 24.9 Å². The highest BCUT2D eigenvalue weighted by atomic mass is 35.5. The fourth-order valence-electron chi connectivity index (χ4n) is 2.28. The number of nitrogens with zero attached hydrogens (tertiary/aromatic N) is 2. The van der Waals surface area contributed by atoms with Gasteiger partial charge in [0.2, 0.25) is 5.95 Å². The Bertz CT molecular complexity index is 318. The summed E-state index contributed by atoms with van der Waals surface area (Å²) in [6.07, 6.45) is 9.67. The summed E-state index contributed by atoms with van der Waals surface area (Å²) in [4.78, 5) is 8.31. The molecule has 1 aliphatic carbocycles. The van der Waals surface area contributed by atoms with Crippen LogP contribution in [0.2, 0.25) is 5.02 Å². The lowest BCUT2D eigenvalue weighted by molar-refractivity contribution is 0.329. The van der Waals surface area contributed by atoms with E-state index in [0.717, 1.165) is 5.92 Å². The number of rotatable bonds is 3. The van der Waals surface area contributed by atoms with Gasteiger partial charge in [0.1, 0.15) is 0 Å². The average molecular weight is 240 g/mol. The number of aromatic nitrogens is 2. The van der Waals surface area contributed by atoms with E-state index >= 15 is 0 Å². The largest absolute Gasteiger partial charge is 0.351 e. The van der Waals surface area contributed by atoms with Crippen molar-refractivity contribution in [3.05, 3.63) is 17.4 Å². The monoisotopic (exact) mass is 239 g/mol. The van der Waals surface area contributed by atoms with Gasteiger partial charge in [-0.25, -0.2) is 9.97 Å². The molecule has 1 saturated carbocycles. The van der Waals surface area contributed by atoms with E-state index in [1.54, 1.807) is 12.4 Å². The van der Waals surface area contributed by atoms with E-state index in [0.29, 0.717) is 17.0 Å². The van der Waals surface area contributed by atoms with E-state index in [2.05, 4.69) is 22.2 Å². The number of anilines is 1. The van der Waals surface area contributed by atoms with Crippen molar-refractivity contribution in [1.29, 1.82) is 0 Å². The molecule has 0 saturated heterocycles. The third-order valence-corrected chi connectivity index (χ3v) is 3.57. The summed E-state index contributed by atoms with van der Waals surface area (Å²) in [7, 11) is 0. The Morgan fingerprint density at radius 3 is 2.44 bits per heavy atom. The van der Waals surface area contributed by atoms with Crippen molar-refractivity contribution in [2.75, 3.05) is 5.32 Å². The molecule has 1 N–H and O–H groups in total. The van der Waals surface area contributed by atoms with Crippen LogP contribution in [0.1, 0.15) is 39.0 Å². The van der Waals surface area contributed by atoms with Gasteiger partial charge in [0.05, 0.1) is 17.4 Å². The average Bonchev–Trinajstić information content (AvgIpc) is 2.33. The molecule has 1 aromatic rings. The quantitative estimate of drug-likeness (QED) is 0.877. The van der Waals surface area contributed by atoms with Crippen molar-refractivity contribution in [3.63, 3.8) is 0 Å². The zero-order valence-electron chi connectivity index (χ0n) is 9.62. The van der Waals surface area contributed by atoms with E-state index in [9.17, 15) is 0 Å². The van der Waals surface area contributed by atoms with E-state index in [1.807, 2.05) is 0 Å². The van der Waals surface area contributed by atoms with Crippen LogP contribution < -0.4 is 5.32 Å². The van der Waals surface area contributed by atoms with Gasteiger partial charge in [-0.3, -0.25) is 0 Å². The minimum Gasteiger partial charge on any atom is -0.351 e. The third-order valence-electron chi connectivity index (χ3n) is 3.38. The summed E-state index contributed by atoms with van der Waals surface area (Å²) in [5, 5.41) is 3.96. The summed E-state index contributed by atoms with van der Waals surface area (Å²) in [6, 6.07) is 0.531. The Morgan fingerprint density at radius 1 is 1.25 bits per heavy atom. The zero-order chi connectivity index (χ0) is 11.4. The molecule has 0 unspecified atom stereocenters. The molecule has 0 bridgehead atoms. The maximum atomic E-state index is 5.74. The molecule has 1 fully saturated rings. The van der Waals surface area contributed by atoms with Gasteiger partial charge >= 0.3 is 0 Å². The molecule has 1 heterocycles. The van der Waals surface area contributed by atoms with Gasteiger partial charge < -0.3 is 5.32 Å². The first-order chi connectivity index (χ1) is 7.78. The zero-order valence-corrected chi connectivity index (χ0v) is 10.4. The normalized spacial score (nSPS) is 25.4. The lowest BCUT2D eigenvalue weighted by Gasteiger charge is -2.28. The van der Waals surface area contributed by atoms with Crippen LogP contribution in [0.15, 0.2) is 12.4 Å². The number of nitrogens with one attached hydrogen (secondary N) is 1. The summed E-state index contributed by atoms with van der Waals surface area (Å²) in [5.41, 5.74) is 0. The lowest BCUT2D eigenvalue weighted by atomic mass is 9.85. The molecule has 3 nitrogen and oxygen atoms in total. The highest BCUT2D eigenvalue weighted by Gasteiger charge is 2.20. The Balaban J connectivity index is 1.84. The van der Waals surface area contributed by atoms with Crippen LogP contribution in [-0.4, -0.2) is 16.0 Å². The molecule has 0 aliphatic heterocycles. The maximum absolute atomic E-state index is 5.74. The van der Waals surface area contributed by atoms with Crippen molar-refractivity contribution in [3.8, 4) is 0 Å². The second kappa shape index (κ2) is 5.48. The summed E-state index contributed by atoms with van der Waals surface area (Å²) >= 11 is 5.74. The van der Waals surface area contributed by atoms with Gasteiger partial charge in [-0.05, 0) is 31.6 Å². The van der Waals surface area contributed by atoms with E-state index < -0.39 is 0 Å². The molecular weight excluding hydrogens is 222 g/mol. The molecule has 0 atom stereocenters. The van der Waals surface area contributed by atoms with E-state index in [1.165, 1.54) is 32.1 Å². The van der Waals surface area contributed by atoms with Crippen LogP contribution in [-0.2, 0) is 0 Å². The first kappa shape index (κ1) is 11.6. The predicted octanol–water partition coefficient (Wildman–Crippen LogP) is 3.51. The maximum Gasteiger partial charge on any atom is 0.222 e. The van der Waals surface area contributed by atoms with Crippen molar-refractivity contribution in [2.45, 2.75) is 45.1 Å². The van der Waals surface area contributed by atoms with Crippen LogP contribution in [0.5, 0.6) is 0 Å². The molecule has 1 aromatic heterocycles. The van der Waals surface area contributed by atoms with E-state index in [4.69, 9.17) is 11.6 Å². The van der Waals surface area contributed by atoms with Crippen molar-refractivity contribution in [1.82, 2.24) is 9.97 Å². The molecule has 1 aliphatic rings. The van der Waals surface area contributed by atoms with Crippen LogP contribution in [0, 0.1) is 5.92 Å². The summed E-state index contributed by atoms with van der Waals surface area (Å²) in [5.74, 6) is 1.62. The Labute approximate surface area is 102 Å². The third kappa shape index (κ3) is 3.08. The smallest absolute Gasteiger partial charge is 0.222 e. The van der Waals surface area contributed by atoms with Crippen molar-refractivity contribution >= 4 is 17.5 Å². The van der Waals surface area contributed by atoms with Crippen molar-refractivity contribution in [2.24, 2.45) is 5.92 Å². The molecule has 2 rings (SSSR count). The first-order valence-electron chi connectivity index (χ1n) is 6.02. The Kier molecular flexibility index (Phi) is 3.99. The van der Waals surface area contributed by atoms with Gasteiger partial charge in [0.15, 0.2) is 0 Å². The number of halogens is 1. The Hall–Kier alpha value is -0.830.